The van der Waals surface area contributed by atoms with Crippen LogP contribution in [0.1, 0.15) is 18.5 Å². The number of fused-ring (bicyclic) bond motifs is 1. The first-order valence-electron chi connectivity index (χ1n) is 6.71. The normalized spacial score (nSPS) is 14.7. The summed E-state index contributed by atoms with van der Waals surface area (Å²) in [4.78, 5) is 11.0. The Hall–Kier alpha value is -2.50. The van der Waals surface area contributed by atoms with Crippen molar-refractivity contribution in [3.05, 3.63) is 42.5 Å². The highest BCUT2D eigenvalue weighted by molar-refractivity contribution is 5.79. The first-order chi connectivity index (χ1) is 9.84. The zero-order chi connectivity index (χ0) is 13.5. The molecule has 1 aliphatic carbocycles. The molecule has 1 fully saturated rings. The molecule has 20 heavy (non-hydrogen) atoms. The van der Waals surface area contributed by atoms with E-state index < -0.39 is 0 Å². The summed E-state index contributed by atoms with van der Waals surface area (Å²) in [6, 6.07) is 6.25. The van der Waals surface area contributed by atoms with Crippen LogP contribution in [-0.2, 0) is 0 Å². The maximum atomic E-state index is 4.48. The number of nitrogens with zero attached hydrogens (tertiary/aromatic N) is 6. The van der Waals surface area contributed by atoms with Gasteiger partial charge in [0, 0.05) is 24.6 Å². The zero-order valence-corrected chi connectivity index (χ0v) is 11.1. The van der Waals surface area contributed by atoms with Crippen LogP contribution < -0.4 is 4.90 Å². The lowest BCUT2D eigenvalue weighted by atomic mass is 10.3. The second-order valence-corrected chi connectivity index (χ2v) is 4.98. The van der Waals surface area contributed by atoms with Gasteiger partial charge in [0.25, 0.3) is 0 Å². The fraction of sp³-hybridized carbons (Fsp3) is 0.286. The van der Waals surface area contributed by atoms with Crippen LogP contribution in [0.2, 0.25) is 0 Å². The number of aromatic nitrogens is 5. The summed E-state index contributed by atoms with van der Waals surface area (Å²) in [6.07, 6.45) is 7.61. The summed E-state index contributed by atoms with van der Waals surface area (Å²) in [6.45, 7) is 2.00. The van der Waals surface area contributed by atoms with Gasteiger partial charge in [0.1, 0.15) is 5.52 Å². The number of aryl methyl sites for hydroxylation is 1. The van der Waals surface area contributed by atoms with Gasteiger partial charge in [-0.25, -0.2) is 9.97 Å². The van der Waals surface area contributed by atoms with Crippen LogP contribution in [-0.4, -0.2) is 30.8 Å². The fourth-order valence-corrected chi connectivity index (χ4v) is 2.48. The van der Waals surface area contributed by atoms with Crippen molar-refractivity contribution in [2.24, 2.45) is 0 Å². The molecule has 6 nitrogen and oxygen atoms in total. The molecule has 0 aliphatic heterocycles. The molecule has 3 aromatic heterocycles. The van der Waals surface area contributed by atoms with E-state index in [9.17, 15) is 0 Å². The van der Waals surface area contributed by atoms with Crippen LogP contribution in [0.3, 0.4) is 0 Å². The molecule has 3 heterocycles. The van der Waals surface area contributed by atoms with Crippen molar-refractivity contribution in [2.45, 2.75) is 25.8 Å². The zero-order valence-electron chi connectivity index (χ0n) is 11.1. The molecule has 1 saturated carbocycles. The van der Waals surface area contributed by atoms with E-state index in [1.54, 1.807) is 23.2 Å². The second kappa shape index (κ2) is 4.26. The molecule has 0 spiro atoms. The lowest BCUT2D eigenvalue weighted by Gasteiger charge is -2.21. The van der Waals surface area contributed by atoms with Gasteiger partial charge in [0.05, 0.1) is 11.4 Å². The molecule has 0 bridgehead atoms. The van der Waals surface area contributed by atoms with Crippen LogP contribution in [0.5, 0.6) is 0 Å². The largest absolute Gasteiger partial charge is 0.304 e. The fourth-order valence-electron chi connectivity index (χ4n) is 2.48. The summed E-state index contributed by atoms with van der Waals surface area (Å²) in [5.74, 6) is 0.733. The topological polar surface area (TPSA) is 59.2 Å². The van der Waals surface area contributed by atoms with Gasteiger partial charge < -0.3 is 4.90 Å². The predicted molar refractivity (Wildman–Crippen MR) is 74.9 cm³/mol. The molecule has 0 unspecified atom stereocenters. The SMILES string of the molecule is Cc1nn2ncccc2c1N(c1ncccn1)C1CC1. The van der Waals surface area contributed by atoms with E-state index in [1.807, 2.05) is 25.1 Å². The highest BCUT2D eigenvalue weighted by atomic mass is 15.4. The molecule has 0 aromatic carbocycles. The third-order valence-corrected chi connectivity index (χ3v) is 3.48. The first-order valence-corrected chi connectivity index (χ1v) is 6.71. The Morgan fingerprint density at radius 1 is 1.15 bits per heavy atom. The first kappa shape index (κ1) is 11.3. The lowest BCUT2D eigenvalue weighted by Crippen LogP contribution is -2.22. The van der Waals surface area contributed by atoms with Gasteiger partial charge in [-0.15, -0.1) is 4.63 Å². The molecular formula is C14H14N6. The van der Waals surface area contributed by atoms with Gasteiger partial charge in [0.2, 0.25) is 5.95 Å². The molecule has 0 saturated heterocycles. The van der Waals surface area contributed by atoms with Gasteiger partial charge in [-0.3, -0.25) is 0 Å². The van der Waals surface area contributed by atoms with E-state index in [0.717, 1.165) is 35.7 Å². The van der Waals surface area contributed by atoms with Gasteiger partial charge in [-0.05, 0) is 38.0 Å². The number of rotatable bonds is 3. The molecule has 0 N–H and O–H groups in total. The van der Waals surface area contributed by atoms with E-state index in [0.29, 0.717) is 6.04 Å². The molecule has 0 amide bonds. The minimum Gasteiger partial charge on any atom is -0.304 e. The van der Waals surface area contributed by atoms with E-state index in [4.69, 9.17) is 0 Å². The van der Waals surface area contributed by atoms with Gasteiger partial charge in [-0.1, -0.05) is 0 Å². The quantitative estimate of drug-likeness (QED) is 0.726. The summed E-state index contributed by atoms with van der Waals surface area (Å²) < 4.78 is 1.67. The van der Waals surface area contributed by atoms with E-state index >= 15 is 0 Å². The Morgan fingerprint density at radius 3 is 2.70 bits per heavy atom. The van der Waals surface area contributed by atoms with Crippen LogP contribution in [0.25, 0.3) is 5.52 Å². The Morgan fingerprint density at radius 2 is 1.95 bits per heavy atom. The smallest absolute Gasteiger partial charge is 0.230 e. The van der Waals surface area contributed by atoms with Crippen LogP contribution in [0, 0.1) is 6.92 Å². The summed E-state index contributed by atoms with van der Waals surface area (Å²) in [5.41, 5.74) is 3.00. The minimum absolute atomic E-state index is 0.462. The molecule has 3 aromatic rings. The monoisotopic (exact) mass is 266 g/mol. The summed E-state index contributed by atoms with van der Waals surface area (Å²) in [7, 11) is 0. The number of hydrogen-bond donors (Lipinski definition) is 0. The molecule has 100 valence electrons. The second-order valence-electron chi connectivity index (χ2n) is 4.98. The van der Waals surface area contributed by atoms with Gasteiger partial charge >= 0.3 is 0 Å². The Kier molecular flexibility index (Phi) is 2.42. The third-order valence-electron chi connectivity index (χ3n) is 3.48. The average Bonchev–Trinajstić information content (AvgIpc) is 3.25. The van der Waals surface area contributed by atoms with Gasteiger partial charge in [-0.2, -0.15) is 10.2 Å². The predicted octanol–water partition coefficient (Wildman–Crippen LogP) is 2.13. The van der Waals surface area contributed by atoms with E-state index in [2.05, 4.69) is 25.1 Å². The van der Waals surface area contributed by atoms with Crippen LogP contribution >= 0.6 is 0 Å². The lowest BCUT2D eigenvalue weighted by molar-refractivity contribution is 0.787. The number of hydrogen-bond acceptors (Lipinski definition) is 5. The Bertz CT molecular complexity index is 747. The van der Waals surface area contributed by atoms with E-state index in [-0.39, 0.29) is 0 Å². The summed E-state index contributed by atoms with van der Waals surface area (Å²) in [5, 5.41) is 8.73. The molecular weight excluding hydrogens is 252 g/mol. The van der Waals surface area contributed by atoms with Crippen molar-refractivity contribution in [3.63, 3.8) is 0 Å². The molecule has 4 rings (SSSR count). The van der Waals surface area contributed by atoms with Crippen molar-refractivity contribution in [2.75, 3.05) is 4.90 Å². The van der Waals surface area contributed by atoms with Crippen molar-refractivity contribution in [3.8, 4) is 0 Å². The molecule has 1 aliphatic rings. The minimum atomic E-state index is 0.462. The van der Waals surface area contributed by atoms with Crippen molar-refractivity contribution in [1.82, 2.24) is 24.8 Å². The highest BCUT2D eigenvalue weighted by Crippen LogP contribution is 2.39. The Labute approximate surface area is 116 Å². The summed E-state index contributed by atoms with van der Waals surface area (Å²) >= 11 is 0. The standard InChI is InChI=1S/C14H14N6/c1-10-13(12-4-2-9-17-20(12)18-10)19(11-5-6-11)14-15-7-3-8-16-14/h2-4,7-9,11H,5-6H2,1H3. The van der Waals surface area contributed by atoms with Crippen molar-refractivity contribution in [1.29, 1.82) is 0 Å². The maximum Gasteiger partial charge on any atom is 0.230 e. The maximum absolute atomic E-state index is 4.48. The molecule has 0 radical (unpaired) electrons. The highest BCUT2D eigenvalue weighted by Gasteiger charge is 2.34. The third kappa shape index (κ3) is 1.72. The van der Waals surface area contributed by atoms with Gasteiger partial charge in [0.15, 0.2) is 0 Å². The molecule has 6 heteroatoms. The van der Waals surface area contributed by atoms with Crippen molar-refractivity contribution >= 4 is 17.2 Å². The van der Waals surface area contributed by atoms with Crippen LogP contribution in [0.4, 0.5) is 11.6 Å². The Balaban J connectivity index is 1.93. The van der Waals surface area contributed by atoms with Crippen LogP contribution in [0.15, 0.2) is 36.8 Å². The average molecular weight is 266 g/mol. The molecule has 0 atom stereocenters. The van der Waals surface area contributed by atoms with E-state index in [1.165, 1.54) is 0 Å². The number of anilines is 2. The van der Waals surface area contributed by atoms with Crippen molar-refractivity contribution < 1.29 is 0 Å².